The molecule has 0 atom stereocenters. The number of pyridine rings is 1. The van der Waals surface area contributed by atoms with Gasteiger partial charge in [-0.25, -0.2) is 4.98 Å². The third-order valence-electron chi connectivity index (χ3n) is 2.68. The molecule has 19 heavy (non-hydrogen) atoms. The first kappa shape index (κ1) is 13.8. The van der Waals surface area contributed by atoms with E-state index in [1.165, 1.54) is 5.56 Å². The molecule has 98 valence electrons. The highest BCUT2D eigenvalue weighted by Crippen LogP contribution is 2.11. The van der Waals surface area contributed by atoms with E-state index in [4.69, 9.17) is 29.6 Å². The number of aromatic nitrogens is 1. The molecular formula is C14H14ClN3S. The number of anilines is 1. The Morgan fingerprint density at radius 2 is 2.00 bits per heavy atom. The Kier molecular flexibility index (Phi) is 4.71. The molecule has 0 saturated heterocycles. The van der Waals surface area contributed by atoms with Gasteiger partial charge in [0.25, 0.3) is 0 Å². The van der Waals surface area contributed by atoms with Crippen LogP contribution in [0.5, 0.6) is 0 Å². The number of hydrogen-bond acceptors (Lipinski definition) is 3. The lowest BCUT2D eigenvalue weighted by Gasteiger charge is -2.07. The normalized spacial score (nSPS) is 10.2. The maximum Gasteiger partial charge on any atom is 0.126 e. The molecule has 0 aliphatic rings. The van der Waals surface area contributed by atoms with Gasteiger partial charge in [-0.2, -0.15) is 0 Å². The lowest BCUT2D eigenvalue weighted by Crippen LogP contribution is -2.11. The molecule has 0 amide bonds. The average molecular weight is 292 g/mol. The van der Waals surface area contributed by atoms with Gasteiger partial charge in [0.15, 0.2) is 0 Å². The van der Waals surface area contributed by atoms with Crippen molar-refractivity contribution in [2.75, 3.05) is 11.9 Å². The highest BCUT2D eigenvalue weighted by Gasteiger charge is 1.99. The van der Waals surface area contributed by atoms with Gasteiger partial charge in [0, 0.05) is 23.3 Å². The van der Waals surface area contributed by atoms with Gasteiger partial charge in [-0.3, -0.25) is 0 Å². The highest BCUT2D eigenvalue weighted by molar-refractivity contribution is 7.80. The fourth-order valence-corrected chi connectivity index (χ4v) is 1.92. The third-order valence-corrected chi connectivity index (χ3v) is 3.17. The van der Waals surface area contributed by atoms with Gasteiger partial charge in [0.05, 0.1) is 0 Å². The van der Waals surface area contributed by atoms with E-state index in [-0.39, 0.29) is 0 Å². The van der Waals surface area contributed by atoms with Crippen molar-refractivity contribution in [3.63, 3.8) is 0 Å². The standard InChI is InChI=1S/C14H14ClN3S/c15-12-3-1-10(2-4-12)5-7-17-13-9-11(14(16)19)6-8-18-13/h1-4,6,8-9H,5,7H2,(H2,16,19)(H,17,18). The van der Waals surface area contributed by atoms with Crippen LogP contribution in [0.4, 0.5) is 5.82 Å². The van der Waals surface area contributed by atoms with Crippen molar-refractivity contribution >= 4 is 34.6 Å². The molecule has 0 bridgehead atoms. The topological polar surface area (TPSA) is 50.9 Å². The number of nitrogens with one attached hydrogen (secondary N) is 1. The summed E-state index contributed by atoms with van der Waals surface area (Å²) in [5, 5.41) is 4.00. The molecule has 1 heterocycles. The van der Waals surface area contributed by atoms with E-state index in [0.29, 0.717) is 4.99 Å². The molecule has 5 heteroatoms. The van der Waals surface area contributed by atoms with Crippen LogP contribution < -0.4 is 11.1 Å². The fraction of sp³-hybridized carbons (Fsp3) is 0.143. The van der Waals surface area contributed by atoms with Crippen LogP contribution in [-0.2, 0) is 6.42 Å². The summed E-state index contributed by atoms with van der Waals surface area (Å²) in [6.07, 6.45) is 2.59. The van der Waals surface area contributed by atoms with E-state index in [2.05, 4.69) is 10.3 Å². The summed E-state index contributed by atoms with van der Waals surface area (Å²) in [5.74, 6) is 0.777. The summed E-state index contributed by atoms with van der Waals surface area (Å²) in [5.41, 5.74) is 7.62. The first-order chi connectivity index (χ1) is 9.15. The number of nitrogens with two attached hydrogens (primary N) is 1. The van der Waals surface area contributed by atoms with Crippen molar-refractivity contribution in [1.29, 1.82) is 0 Å². The molecule has 0 unspecified atom stereocenters. The van der Waals surface area contributed by atoms with Gasteiger partial charge < -0.3 is 11.1 Å². The Balaban J connectivity index is 1.90. The van der Waals surface area contributed by atoms with E-state index in [1.807, 2.05) is 30.3 Å². The molecule has 0 saturated carbocycles. The van der Waals surface area contributed by atoms with Crippen LogP contribution in [0.2, 0.25) is 5.02 Å². The smallest absolute Gasteiger partial charge is 0.126 e. The van der Waals surface area contributed by atoms with Crippen LogP contribution in [0, 0.1) is 0 Å². The van der Waals surface area contributed by atoms with Gasteiger partial charge in [0.2, 0.25) is 0 Å². The molecule has 2 aromatic rings. The molecule has 3 nitrogen and oxygen atoms in total. The quantitative estimate of drug-likeness (QED) is 0.832. The summed E-state index contributed by atoms with van der Waals surface area (Å²) in [6, 6.07) is 11.5. The van der Waals surface area contributed by atoms with Crippen LogP contribution in [-0.4, -0.2) is 16.5 Å². The maximum absolute atomic E-state index is 5.84. The number of thiocarbonyl (C=S) groups is 1. The van der Waals surface area contributed by atoms with Gasteiger partial charge in [-0.05, 0) is 36.2 Å². The van der Waals surface area contributed by atoms with Crippen LogP contribution in [0.25, 0.3) is 0 Å². The second kappa shape index (κ2) is 6.50. The molecule has 2 rings (SSSR count). The zero-order valence-corrected chi connectivity index (χ0v) is 11.8. The Morgan fingerprint density at radius 3 is 2.68 bits per heavy atom. The summed E-state index contributed by atoms with van der Waals surface area (Å²) in [4.78, 5) is 4.60. The molecular weight excluding hydrogens is 278 g/mol. The summed E-state index contributed by atoms with van der Waals surface area (Å²) < 4.78 is 0. The van der Waals surface area contributed by atoms with E-state index >= 15 is 0 Å². The highest BCUT2D eigenvalue weighted by atomic mass is 35.5. The van der Waals surface area contributed by atoms with Crippen LogP contribution in [0.15, 0.2) is 42.6 Å². The van der Waals surface area contributed by atoms with Crippen LogP contribution in [0.1, 0.15) is 11.1 Å². The first-order valence-corrected chi connectivity index (χ1v) is 6.68. The predicted molar refractivity (Wildman–Crippen MR) is 83.8 cm³/mol. The second-order valence-corrected chi connectivity index (χ2v) is 4.97. The SMILES string of the molecule is NC(=S)c1ccnc(NCCc2ccc(Cl)cc2)c1. The number of benzene rings is 1. The summed E-state index contributed by atoms with van der Waals surface area (Å²) in [6.45, 7) is 0.787. The molecule has 0 aliphatic carbocycles. The maximum atomic E-state index is 5.84. The van der Waals surface area contributed by atoms with Gasteiger partial charge >= 0.3 is 0 Å². The number of nitrogens with zero attached hydrogens (tertiary/aromatic N) is 1. The predicted octanol–water partition coefficient (Wildman–Crippen LogP) is 3.02. The number of hydrogen-bond donors (Lipinski definition) is 2. The largest absolute Gasteiger partial charge is 0.389 e. The Labute approximate surface area is 122 Å². The minimum Gasteiger partial charge on any atom is -0.389 e. The molecule has 1 aromatic carbocycles. The first-order valence-electron chi connectivity index (χ1n) is 5.89. The number of rotatable bonds is 5. The van der Waals surface area contributed by atoms with Crippen LogP contribution in [0.3, 0.4) is 0 Å². The zero-order chi connectivity index (χ0) is 13.7. The Morgan fingerprint density at radius 1 is 1.26 bits per heavy atom. The minimum atomic E-state index is 0.378. The van der Waals surface area contributed by atoms with Crippen molar-refractivity contribution in [3.05, 3.63) is 58.7 Å². The Hall–Kier alpha value is -1.65. The average Bonchev–Trinajstić information content (AvgIpc) is 2.41. The molecule has 0 aliphatic heterocycles. The van der Waals surface area contributed by atoms with Crippen molar-refractivity contribution in [2.24, 2.45) is 5.73 Å². The lowest BCUT2D eigenvalue weighted by atomic mass is 10.1. The molecule has 0 spiro atoms. The van der Waals surface area contributed by atoms with Crippen molar-refractivity contribution in [2.45, 2.75) is 6.42 Å². The summed E-state index contributed by atoms with van der Waals surface area (Å²) in [7, 11) is 0. The van der Waals surface area contributed by atoms with E-state index in [0.717, 1.165) is 29.4 Å². The van der Waals surface area contributed by atoms with E-state index < -0.39 is 0 Å². The second-order valence-electron chi connectivity index (χ2n) is 4.10. The van der Waals surface area contributed by atoms with Gasteiger partial charge in [0.1, 0.15) is 10.8 Å². The van der Waals surface area contributed by atoms with Gasteiger partial charge in [-0.1, -0.05) is 36.0 Å². The van der Waals surface area contributed by atoms with Crippen molar-refractivity contribution in [3.8, 4) is 0 Å². The van der Waals surface area contributed by atoms with E-state index in [1.54, 1.807) is 12.3 Å². The van der Waals surface area contributed by atoms with Gasteiger partial charge in [-0.15, -0.1) is 0 Å². The van der Waals surface area contributed by atoms with Crippen LogP contribution >= 0.6 is 23.8 Å². The minimum absolute atomic E-state index is 0.378. The van der Waals surface area contributed by atoms with Crippen molar-refractivity contribution < 1.29 is 0 Å². The monoisotopic (exact) mass is 291 g/mol. The van der Waals surface area contributed by atoms with E-state index in [9.17, 15) is 0 Å². The molecule has 1 aromatic heterocycles. The molecule has 3 N–H and O–H groups in total. The zero-order valence-electron chi connectivity index (χ0n) is 10.3. The van der Waals surface area contributed by atoms with Crippen molar-refractivity contribution in [1.82, 2.24) is 4.98 Å². The third kappa shape index (κ3) is 4.19. The molecule has 0 radical (unpaired) electrons. The Bertz CT molecular complexity index is 569. The number of halogens is 1. The molecule has 0 fully saturated rings. The summed E-state index contributed by atoms with van der Waals surface area (Å²) >= 11 is 10.8. The fourth-order valence-electron chi connectivity index (χ4n) is 1.67. The lowest BCUT2D eigenvalue weighted by molar-refractivity contribution is 1.01.